The third kappa shape index (κ3) is 6.40. The molecule has 0 radical (unpaired) electrons. The number of nitro groups is 1. The molecule has 0 spiro atoms. The van der Waals surface area contributed by atoms with Crippen LogP contribution in [0.25, 0.3) is 0 Å². The van der Waals surface area contributed by atoms with E-state index in [1.165, 1.54) is 30.3 Å². The zero-order valence-electron chi connectivity index (χ0n) is 16.9. The summed E-state index contributed by atoms with van der Waals surface area (Å²) >= 11 is 0. The van der Waals surface area contributed by atoms with Gasteiger partial charge in [0.1, 0.15) is 0 Å². The summed E-state index contributed by atoms with van der Waals surface area (Å²) in [4.78, 5) is 46.3. The van der Waals surface area contributed by atoms with Gasteiger partial charge in [-0.15, -0.1) is 0 Å². The minimum absolute atomic E-state index is 0.0240. The molecular weight excluding hydrogens is 390 g/mol. The number of benzene rings is 2. The molecule has 0 aliphatic heterocycles. The number of hydrogen-bond donors (Lipinski definition) is 2. The quantitative estimate of drug-likeness (QED) is 0.296. The van der Waals surface area contributed by atoms with E-state index in [2.05, 4.69) is 10.6 Å². The van der Waals surface area contributed by atoms with Crippen LogP contribution in [0.15, 0.2) is 42.5 Å². The molecular formula is C21H23N3O6. The third-order valence-electron chi connectivity index (χ3n) is 4.12. The van der Waals surface area contributed by atoms with Crippen molar-refractivity contribution < 1.29 is 24.0 Å². The number of hydrogen-bond acceptors (Lipinski definition) is 6. The maximum atomic E-state index is 12.2. The van der Waals surface area contributed by atoms with Gasteiger partial charge in [0.05, 0.1) is 10.5 Å². The van der Waals surface area contributed by atoms with Crippen LogP contribution in [0.3, 0.4) is 0 Å². The number of carbonyl (C=O) groups is 3. The first-order valence-corrected chi connectivity index (χ1v) is 9.26. The Morgan fingerprint density at radius 1 is 1.07 bits per heavy atom. The van der Waals surface area contributed by atoms with Gasteiger partial charge in [0.2, 0.25) is 5.78 Å². The highest BCUT2D eigenvalue weighted by molar-refractivity contribution is 5.99. The molecule has 158 valence electrons. The van der Waals surface area contributed by atoms with Gasteiger partial charge in [-0.05, 0) is 38.5 Å². The summed E-state index contributed by atoms with van der Waals surface area (Å²) < 4.78 is 5.02. The molecule has 0 aliphatic rings. The predicted molar refractivity (Wildman–Crippen MR) is 109 cm³/mol. The number of carbonyl (C=O) groups excluding carboxylic acids is 3. The van der Waals surface area contributed by atoms with Crippen molar-refractivity contribution in [2.24, 2.45) is 0 Å². The largest absolute Gasteiger partial charge is 0.454 e. The van der Waals surface area contributed by atoms with Crippen molar-refractivity contribution >= 4 is 23.5 Å². The van der Waals surface area contributed by atoms with Gasteiger partial charge in [-0.1, -0.05) is 24.3 Å². The fourth-order valence-electron chi connectivity index (χ4n) is 2.53. The Kier molecular flexibility index (Phi) is 7.62. The summed E-state index contributed by atoms with van der Waals surface area (Å²) in [5, 5.41) is 16.4. The molecule has 0 heterocycles. The number of urea groups is 1. The fraction of sp³-hybridized carbons (Fsp3) is 0.286. The molecule has 0 fully saturated rings. The number of aryl methyl sites for hydroxylation is 1. The van der Waals surface area contributed by atoms with Crippen molar-refractivity contribution in [2.45, 2.75) is 33.4 Å². The maximum absolute atomic E-state index is 12.2. The summed E-state index contributed by atoms with van der Waals surface area (Å²) in [6.07, 6.45) is 0. The third-order valence-corrected chi connectivity index (χ3v) is 4.12. The normalized spacial score (nSPS) is 10.4. The second kappa shape index (κ2) is 10.1. The number of nitrogens with zero attached hydrogens (tertiary/aromatic N) is 1. The Hall–Kier alpha value is -3.75. The van der Waals surface area contributed by atoms with E-state index in [9.17, 15) is 24.5 Å². The lowest BCUT2D eigenvalue weighted by Crippen LogP contribution is -2.39. The molecule has 2 rings (SSSR count). The maximum Gasteiger partial charge on any atom is 0.338 e. The standard InChI is InChI=1S/C21H23N3O6/c1-13(2)23-21(27)22-11-15-5-8-16(9-6-15)20(26)30-12-19(25)17-7-4-14(3)18(10-17)24(28)29/h4-10,13H,11-12H2,1-3H3,(H2,22,23,27). The number of nitrogens with one attached hydrogen (secondary N) is 2. The molecule has 9 nitrogen and oxygen atoms in total. The second-order valence-electron chi connectivity index (χ2n) is 6.94. The smallest absolute Gasteiger partial charge is 0.338 e. The first-order valence-electron chi connectivity index (χ1n) is 9.26. The SMILES string of the molecule is Cc1ccc(C(=O)COC(=O)c2ccc(CNC(=O)NC(C)C)cc2)cc1[N+](=O)[O-]. The van der Waals surface area contributed by atoms with E-state index in [0.717, 1.165) is 5.56 Å². The Bertz CT molecular complexity index is 954. The first kappa shape index (κ1) is 22.5. The van der Waals surface area contributed by atoms with Crippen LogP contribution in [0.4, 0.5) is 10.5 Å². The van der Waals surface area contributed by atoms with Crippen LogP contribution in [0.1, 0.15) is 45.7 Å². The van der Waals surface area contributed by atoms with E-state index in [0.29, 0.717) is 12.1 Å². The van der Waals surface area contributed by atoms with Gasteiger partial charge >= 0.3 is 12.0 Å². The number of ether oxygens (including phenoxy) is 1. The average molecular weight is 413 g/mol. The number of amides is 2. The van der Waals surface area contributed by atoms with Crippen LogP contribution < -0.4 is 10.6 Å². The molecule has 0 unspecified atom stereocenters. The van der Waals surface area contributed by atoms with Crippen molar-refractivity contribution in [1.82, 2.24) is 10.6 Å². The molecule has 0 atom stereocenters. The van der Waals surface area contributed by atoms with Crippen LogP contribution in [-0.4, -0.2) is 35.4 Å². The monoisotopic (exact) mass is 413 g/mol. The molecule has 30 heavy (non-hydrogen) atoms. The molecule has 0 aliphatic carbocycles. The molecule has 2 amide bonds. The first-order chi connectivity index (χ1) is 14.2. The van der Waals surface area contributed by atoms with E-state index in [1.54, 1.807) is 19.1 Å². The number of nitro benzene ring substituents is 1. The van der Waals surface area contributed by atoms with Crippen molar-refractivity contribution in [3.8, 4) is 0 Å². The zero-order valence-corrected chi connectivity index (χ0v) is 16.9. The van der Waals surface area contributed by atoms with Gasteiger partial charge in [0, 0.05) is 29.8 Å². The number of ketones is 1. The molecule has 0 saturated carbocycles. The average Bonchev–Trinajstić information content (AvgIpc) is 2.70. The second-order valence-corrected chi connectivity index (χ2v) is 6.94. The minimum atomic E-state index is -0.693. The topological polar surface area (TPSA) is 128 Å². The number of rotatable bonds is 8. The fourth-order valence-corrected chi connectivity index (χ4v) is 2.53. The lowest BCUT2D eigenvalue weighted by atomic mass is 10.1. The molecule has 0 bridgehead atoms. The molecule has 0 aromatic heterocycles. The van der Waals surface area contributed by atoms with E-state index < -0.39 is 23.3 Å². The summed E-state index contributed by atoms with van der Waals surface area (Å²) in [5.74, 6) is -1.23. The van der Waals surface area contributed by atoms with Crippen LogP contribution in [0.2, 0.25) is 0 Å². The van der Waals surface area contributed by atoms with E-state index in [-0.39, 0.29) is 28.9 Å². The van der Waals surface area contributed by atoms with Gasteiger partial charge in [0.25, 0.3) is 5.69 Å². The van der Waals surface area contributed by atoms with Crippen molar-refractivity contribution in [3.05, 3.63) is 74.8 Å². The lowest BCUT2D eigenvalue weighted by Gasteiger charge is -2.10. The molecule has 2 N–H and O–H groups in total. The Labute approximate surface area is 173 Å². The van der Waals surface area contributed by atoms with Crippen molar-refractivity contribution in [2.75, 3.05) is 6.61 Å². The number of Topliss-reactive ketones (excluding diaryl/α,β-unsaturated/α-hetero) is 1. The Morgan fingerprint density at radius 3 is 2.30 bits per heavy atom. The minimum Gasteiger partial charge on any atom is -0.454 e. The van der Waals surface area contributed by atoms with Crippen molar-refractivity contribution in [3.63, 3.8) is 0 Å². The van der Waals surface area contributed by atoms with E-state index >= 15 is 0 Å². The highest BCUT2D eigenvalue weighted by Gasteiger charge is 2.17. The molecule has 9 heteroatoms. The van der Waals surface area contributed by atoms with E-state index in [4.69, 9.17) is 4.74 Å². The molecule has 2 aromatic carbocycles. The van der Waals surface area contributed by atoms with Crippen LogP contribution >= 0.6 is 0 Å². The zero-order chi connectivity index (χ0) is 22.3. The number of esters is 1. The molecule has 0 saturated heterocycles. The van der Waals surface area contributed by atoms with Gasteiger partial charge in [-0.3, -0.25) is 14.9 Å². The van der Waals surface area contributed by atoms with Crippen LogP contribution in [0, 0.1) is 17.0 Å². The molecule has 2 aromatic rings. The van der Waals surface area contributed by atoms with Gasteiger partial charge in [0.15, 0.2) is 6.61 Å². The summed E-state index contributed by atoms with van der Waals surface area (Å²) in [7, 11) is 0. The Balaban J connectivity index is 1.90. The van der Waals surface area contributed by atoms with Gasteiger partial charge < -0.3 is 15.4 Å². The van der Waals surface area contributed by atoms with E-state index in [1.807, 2.05) is 13.8 Å². The Morgan fingerprint density at radius 2 is 1.70 bits per heavy atom. The highest BCUT2D eigenvalue weighted by Crippen LogP contribution is 2.19. The summed E-state index contributed by atoms with van der Waals surface area (Å²) in [6, 6.07) is 10.2. The predicted octanol–water partition coefficient (Wildman–Crippen LogP) is 3.15. The summed E-state index contributed by atoms with van der Waals surface area (Å²) in [5.41, 5.74) is 1.39. The van der Waals surface area contributed by atoms with Gasteiger partial charge in [-0.25, -0.2) is 9.59 Å². The lowest BCUT2D eigenvalue weighted by molar-refractivity contribution is -0.385. The summed E-state index contributed by atoms with van der Waals surface area (Å²) in [6.45, 7) is 5.04. The highest BCUT2D eigenvalue weighted by atomic mass is 16.6. The van der Waals surface area contributed by atoms with Crippen molar-refractivity contribution in [1.29, 1.82) is 0 Å². The van der Waals surface area contributed by atoms with Crippen LogP contribution in [0.5, 0.6) is 0 Å². The van der Waals surface area contributed by atoms with Gasteiger partial charge in [-0.2, -0.15) is 0 Å². The van der Waals surface area contributed by atoms with Crippen LogP contribution in [-0.2, 0) is 11.3 Å².